The van der Waals surface area contributed by atoms with Crippen LogP contribution in [0.1, 0.15) is 28.4 Å². The largest absolute Gasteiger partial charge is 0.449 e. The number of hydrogen-bond donors (Lipinski definition) is 2. The van der Waals surface area contributed by atoms with Crippen molar-refractivity contribution in [1.29, 1.82) is 0 Å². The van der Waals surface area contributed by atoms with Crippen LogP contribution in [-0.4, -0.2) is 16.8 Å². The van der Waals surface area contributed by atoms with Gasteiger partial charge in [0.1, 0.15) is 6.26 Å². The van der Waals surface area contributed by atoms with Gasteiger partial charge < -0.3 is 15.5 Å². The lowest BCUT2D eigenvalue weighted by Gasteiger charge is -2.08. The Morgan fingerprint density at radius 2 is 2.10 bits per heavy atom. The van der Waals surface area contributed by atoms with Crippen molar-refractivity contribution in [2.24, 2.45) is 5.73 Å². The lowest BCUT2D eigenvalue weighted by Crippen LogP contribution is -2.18. The molecule has 6 heteroatoms. The fourth-order valence-electron chi connectivity index (χ4n) is 1.78. The monoisotopic (exact) mass is 273 g/mol. The highest BCUT2D eigenvalue weighted by Crippen LogP contribution is 2.15. The molecule has 20 heavy (non-hydrogen) atoms. The predicted molar refractivity (Wildman–Crippen MR) is 73.2 cm³/mol. The summed E-state index contributed by atoms with van der Waals surface area (Å²) < 4.78 is 5.06. The SMILES string of the molecule is Cc1nc(CCC(=O)Nc2ccccc2C(N)=O)co1. The van der Waals surface area contributed by atoms with Crippen LogP contribution in [0.4, 0.5) is 5.69 Å². The summed E-state index contributed by atoms with van der Waals surface area (Å²) in [5, 5.41) is 2.67. The number of anilines is 1. The predicted octanol–water partition coefficient (Wildman–Crippen LogP) is 1.65. The number of primary amides is 1. The zero-order chi connectivity index (χ0) is 14.5. The first kappa shape index (κ1) is 13.8. The first-order valence-corrected chi connectivity index (χ1v) is 6.16. The summed E-state index contributed by atoms with van der Waals surface area (Å²) in [5.74, 6) is -0.216. The van der Waals surface area contributed by atoms with Gasteiger partial charge >= 0.3 is 0 Å². The number of nitrogens with two attached hydrogens (primary N) is 1. The van der Waals surface area contributed by atoms with Crippen LogP contribution in [0.3, 0.4) is 0 Å². The summed E-state index contributed by atoms with van der Waals surface area (Å²) in [6, 6.07) is 6.62. The summed E-state index contributed by atoms with van der Waals surface area (Å²) in [5.41, 5.74) is 6.68. The van der Waals surface area contributed by atoms with Gasteiger partial charge in [0.25, 0.3) is 5.91 Å². The molecule has 6 nitrogen and oxygen atoms in total. The van der Waals surface area contributed by atoms with E-state index in [1.807, 2.05) is 0 Å². The van der Waals surface area contributed by atoms with Crippen LogP contribution in [0.15, 0.2) is 34.9 Å². The number of benzene rings is 1. The number of oxazole rings is 1. The second-order valence-electron chi connectivity index (χ2n) is 4.32. The summed E-state index contributed by atoms with van der Waals surface area (Å²) in [6.07, 6.45) is 2.25. The van der Waals surface area contributed by atoms with Crippen LogP contribution in [0, 0.1) is 6.92 Å². The van der Waals surface area contributed by atoms with Gasteiger partial charge in [-0.15, -0.1) is 0 Å². The number of carbonyl (C=O) groups is 2. The van der Waals surface area contributed by atoms with E-state index in [9.17, 15) is 9.59 Å². The minimum Gasteiger partial charge on any atom is -0.449 e. The molecule has 3 N–H and O–H groups in total. The van der Waals surface area contributed by atoms with Crippen LogP contribution in [0.5, 0.6) is 0 Å². The fourth-order valence-corrected chi connectivity index (χ4v) is 1.78. The van der Waals surface area contributed by atoms with E-state index >= 15 is 0 Å². The highest BCUT2D eigenvalue weighted by Gasteiger charge is 2.11. The number of para-hydroxylation sites is 1. The second-order valence-corrected chi connectivity index (χ2v) is 4.32. The van der Waals surface area contributed by atoms with Crippen molar-refractivity contribution in [1.82, 2.24) is 4.98 Å². The molecule has 0 unspecified atom stereocenters. The van der Waals surface area contributed by atoms with Gasteiger partial charge in [0.15, 0.2) is 5.89 Å². The molecule has 0 bridgehead atoms. The number of aromatic nitrogens is 1. The van der Waals surface area contributed by atoms with E-state index < -0.39 is 5.91 Å². The van der Waals surface area contributed by atoms with Crippen molar-refractivity contribution in [2.75, 3.05) is 5.32 Å². The zero-order valence-electron chi connectivity index (χ0n) is 11.1. The maximum Gasteiger partial charge on any atom is 0.250 e. The highest BCUT2D eigenvalue weighted by molar-refractivity contribution is 6.02. The molecule has 1 aromatic carbocycles. The van der Waals surface area contributed by atoms with Gasteiger partial charge in [-0.2, -0.15) is 0 Å². The summed E-state index contributed by atoms with van der Waals surface area (Å²) in [4.78, 5) is 27.2. The zero-order valence-corrected chi connectivity index (χ0v) is 11.1. The van der Waals surface area contributed by atoms with E-state index in [1.54, 1.807) is 31.2 Å². The number of nitrogens with zero attached hydrogens (tertiary/aromatic N) is 1. The molecule has 1 heterocycles. The number of rotatable bonds is 5. The molecule has 2 amide bonds. The molecule has 0 aliphatic rings. The fraction of sp³-hybridized carbons (Fsp3) is 0.214. The molecule has 0 radical (unpaired) electrons. The molecule has 2 rings (SSSR count). The first-order chi connectivity index (χ1) is 9.56. The molecule has 0 aliphatic carbocycles. The highest BCUT2D eigenvalue weighted by atomic mass is 16.3. The molecule has 104 valence electrons. The van der Waals surface area contributed by atoms with Gasteiger partial charge in [-0.05, 0) is 12.1 Å². The maximum atomic E-state index is 11.8. The minimum absolute atomic E-state index is 0.209. The van der Waals surface area contributed by atoms with Gasteiger partial charge in [-0.1, -0.05) is 12.1 Å². The Morgan fingerprint density at radius 1 is 1.35 bits per heavy atom. The van der Waals surface area contributed by atoms with E-state index in [1.165, 1.54) is 6.26 Å². The third-order valence-electron chi connectivity index (χ3n) is 2.74. The van der Waals surface area contributed by atoms with Gasteiger partial charge in [0, 0.05) is 19.8 Å². The average Bonchev–Trinajstić information content (AvgIpc) is 2.83. The Balaban J connectivity index is 1.96. The van der Waals surface area contributed by atoms with Crippen LogP contribution in [0.25, 0.3) is 0 Å². The number of hydrogen-bond acceptors (Lipinski definition) is 4. The van der Waals surface area contributed by atoms with Crippen molar-refractivity contribution in [3.8, 4) is 0 Å². The maximum absolute atomic E-state index is 11.8. The van der Waals surface area contributed by atoms with Gasteiger partial charge in [0.2, 0.25) is 5.91 Å². The number of aryl methyl sites for hydroxylation is 2. The average molecular weight is 273 g/mol. The van der Waals surface area contributed by atoms with E-state index in [2.05, 4.69) is 10.3 Å². The van der Waals surface area contributed by atoms with Gasteiger partial charge in [-0.3, -0.25) is 9.59 Å². The van der Waals surface area contributed by atoms with E-state index in [4.69, 9.17) is 10.2 Å². The van der Waals surface area contributed by atoms with Crippen molar-refractivity contribution in [3.05, 3.63) is 47.7 Å². The Bertz CT molecular complexity index is 634. The smallest absolute Gasteiger partial charge is 0.250 e. The quantitative estimate of drug-likeness (QED) is 0.865. The summed E-state index contributed by atoms with van der Waals surface area (Å²) >= 11 is 0. The molecular formula is C14H15N3O3. The van der Waals surface area contributed by atoms with Crippen LogP contribution >= 0.6 is 0 Å². The standard InChI is InChI=1S/C14H15N3O3/c1-9-16-10(8-20-9)6-7-13(18)17-12-5-3-2-4-11(12)14(15)19/h2-5,8H,6-7H2,1H3,(H2,15,19)(H,17,18). The van der Waals surface area contributed by atoms with Crippen molar-refractivity contribution in [2.45, 2.75) is 19.8 Å². The number of carbonyl (C=O) groups excluding carboxylic acids is 2. The second kappa shape index (κ2) is 6.01. The minimum atomic E-state index is -0.576. The lowest BCUT2D eigenvalue weighted by atomic mass is 10.1. The molecule has 0 saturated carbocycles. The van der Waals surface area contributed by atoms with E-state index in [0.29, 0.717) is 18.0 Å². The molecule has 0 fully saturated rings. The van der Waals surface area contributed by atoms with Crippen LogP contribution in [0.2, 0.25) is 0 Å². The Hall–Kier alpha value is -2.63. The third-order valence-corrected chi connectivity index (χ3v) is 2.74. The van der Waals surface area contributed by atoms with Crippen LogP contribution < -0.4 is 11.1 Å². The van der Waals surface area contributed by atoms with Gasteiger partial charge in [-0.25, -0.2) is 4.98 Å². The van der Waals surface area contributed by atoms with Crippen molar-refractivity contribution < 1.29 is 14.0 Å². The topological polar surface area (TPSA) is 98.2 Å². The van der Waals surface area contributed by atoms with E-state index in [-0.39, 0.29) is 17.9 Å². The Morgan fingerprint density at radius 3 is 2.75 bits per heavy atom. The normalized spacial score (nSPS) is 10.2. The molecular weight excluding hydrogens is 258 g/mol. The number of nitrogens with one attached hydrogen (secondary N) is 1. The molecule has 0 spiro atoms. The number of amides is 2. The molecule has 2 aromatic rings. The summed E-state index contributed by atoms with van der Waals surface area (Å²) in [7, 11) is 0. The lowest BCUT2D eigenvalue weighted by molar-refractivity contribution is -0.116. The van der Waals surface area contributed by atoms with Crippen LogP contribution in [-0.2, 0) is 11.2 Å². The summed E-state index contributed by atoms with van der Waals surface area (Å²) in [6.45, 7) is 1.74. The third kappa shape index (κ3) is 3.44. The van der Waals surface area contributed by atoms with Crippen molar-refractivity contribution >= 4 is 17.5 Å². The molecule has 1 aromatic heterocycles. The molecule has 0 aliphatic heterocycles. The van der Waals surface area contributed by atoms with E-state index in [0.717, 1.165) is 5.69 Å². The first-order valence-electron chi connectivity index (χ1n) is 6.16. The molecule has 0 atom stereocenters. The Labute approximate surface area is 116 Å². The van der Waals surface area contributed by atoms with Gasteiger partial charge in [0.05, 0.1) is 16.9 Å². The molecule has 0 saturated heterocycles. The van der Waals surface area contributed by atoms with Crippen molar-refractivity contribution in [3.63, 3.8) is 0 Å². The Kier molecular flexibility index (Phi) is 4.14.